The van der Waals surface area contributed by atoms with Gasteiger partial charge in [0.05, 0.1) is 0 Å². The number of hydrogen-bond acceptors (Lipinski definition) is 2. The predicted molar refractivity (Wildman–Crippen MR) is 71.2 cm³/mol. The van der Waals surface area contributed by atoms with Gasteiger partial charge in [0, 0.05) is 26.1 Å². The molecule has 0 bridgehead atoms. The molecule has 0 saturated carbocycles. The SMILES string of the molecule is O=C1C2CCCN2C(=O)CCN1Cc1ccccc1. The van der Waals surface area contributed by atoms with E-state index in [0.717, 1.165) is 24.9 Å². The summed E-state index contributed by atoms with van der Waals surface area (Å²) in [4.78, 5) is 28.1. The van der Waals surface area contributed by atoms with Gasteiger partial charge in [0.15, 0.2) is 0 Å². The molecule has 1 unspecified atom stereocenters. The summed E-state index contributed by atoms with van der Waals surface area (Å²) in [6.07, 6.45) is 2.21. The number of carbonyl (C=O) groups excluding carboxylic acids is 2. The second-order valence-corrected chi connectivity index (χ2v) is 5.24. The third-order valence-corrected chi connectivity index (χ3v) is 3.98. The van der Waals surface area contributed by atoms with Crippen molar-refractivity contribution in [2.24, 2.45) is 0 Å². The smallest absolute Gasteiger partial charge is 0.245 e. The number of benzene rings is 1. The molecule has 2 aliphatic rings. The Morgan fingerprint density at radius 1 is 1.11 bits per heavy atom. The van der Waals surface area contributed by atoms with Gasteiger partial charge in [0.2, 0.25) is 11.8 Å². The molecule has 2 saturated heterocycles. The highest BCUT2D eigenvalue weighted by atomic mass is 16.2. The highest BCUT2D eigenvalue weighted by Gasteiger charge is 2.38. The van der Waals surface area contributed by atoms with Gasteiger partial charge in [-0.2, -0.15) is 0 Å². The standard InChI is InChI=1S/C15H18N2O2/c18-14-8-10-16(11-12-5-2-1-3-6-12)15(19)13-7-4-9-17(13)14/h1-3,5-6,13H,4,7-11H2. The summed E-state index contributed by atoms with van der Waals surface area (Å²) in [5, 5.41) is 0. The highest BCUT2D eigenvalue weighted by Crippen LogP contribution is 2.24. The van der Waals surface area contributed by atoms with Crippen molar-refractivity contribution in [2.45, 2.75) is 31.8 Å². The van der Waals surface area contributed by atoms with Crippen LogP contribution in [-0.2, 0) is 16.1 Å². The summed E-state index contributed by atoms with van der Waals surface area (Å²) in [5.41, 5.74) is 1.12. The molecule has 0 spiro atoms. The summed E-state index contributed by atoms with van der Waals surface area (Å²) < 4.78 is 0. The molecular formula is C15H18N2O2. The minimum absolute atomic E-state index is 0.118. The zero-order valence-electron chi connectivity index (χ0n) is 10.9. The Kier molecular flexibility index (Phi) is 3.23. The van der Waals surface area contributed by atoms with Gasteiger partial charge in [-0.1, -0.05) is 30.3 Å². The van der Waals surface area contributed by atoms with Gasteiger partial charge in [-0.05, 0) is 18.4 Å². The Morgan fingerprint density at radius 3 is 2.68 bits per heavy atom. The minimum atomic E-state index is -0.210. The molecule has 2 amide bonds. The van der Waals surface area contributed by atoms with Crippen molar-refractivity contribution < 1.29 is 9.59 Å². The molecule has 0 aromatic heterocycles. The normalized spacial score (nSPS) is 23.5. The first-order valence-corrected chi connectivity index (χ1v) is 6.88. The lowest BCUT2D eigenvalue weighted by Crippen LogP contribution is -2.43. The van der Waals surface area contributed by atoms with Crippen LogP contribution >= 0.6 is 0 Å². The molecule has 1 aromatic carbocycles. The summed E-state index contributed by atoms with van der Waals surface area (Å²) in [6, 6.07) is 9.75. The van der Waals surface area contributed by atoms with E-state index in [4.69, 9.17) is 0 Å². The average molecular weight is 258 g/mol. The lowest BCUT2D eigenvalue weighted by molar-refractivity contribution is -0.139. The van der Waals surface area contributed by atoms with Crippen LogP contribution in [0.5, 0.6) is 0 Å². The zero-order chi connectivity index (χ0) is 13.2. The second-order valence-electron chi connectivity index (χ2n) is 5.24. The Hall–Kier alpha value is -1.84. The maximum Gasteiger partial charge on any atom is 0.245 e. The maximum absolute atomic E-state index is 12.5. The van der Waals surface area contributed by atoms with Crippen molar-refractivity contribution >= 4 is 11.8 Å². The van der Waals surface area contributed by atoms with E-state index in [0.29, 0.717) is 19.5 Å². The third-order valence-electron chi connectivity index (χ3n) is 3.98. The molecule has 2 fully saturated rings. The van der Waals surface area contributed by atoms with E-state index >= 15 is 0 Å². The van der Waals surface area contributed by atoms with E-state index in [-0.39, 0.29) is 17.9 Å². The van der Waals surface area contributed by atoms with Crippen LogP contribution in [0.4, 0.5) is 0 Å². The highest BCUT2D eigenvalue weighted by molar-refractivity contribution is 5.90. The lowest BCUT2D eigenvalue weighted by atomic mass is 10.1. The van der Waals surface area contributed by atoms with Gasteiger partial charge in [0.1, 0.15) is 6.04 Å². The van der Waals surface area contributed by atoms with Crippen LogP contribution in [0.3, 0.4) is 0 Å². The number of carbonyl (C=O) groups is 2. The fourth-order valence-electron chi connectivity index (χ4n) is 2.98. The van der Waals surface area contributed by atoms with Gasteiger partial charge in [0.25, 0.3) is 0 Å². The first-order chi connectivity index (χ1) is 9.25. The molecular weight excluding hydrogens is 240 g/mol. The van der Waals surface area contributed by atoms with E-state index in [1.54, 1.807) is 4.90 Å². The van der Waals surface area contributed by atoms with Crippen molar-refractivity contribution in [3.05, 3.63) is 35.9 Å². The maximum atomic E-state index is 12.5. The number of amides is 2. The Labute approximate surface area is 113 Å². The Balaban J connectivity index is 1.78. The van der Waals surface area contributed by atoms with Gasteiger partial charge in [-0.25, -0.2) is 0 Å². The predicted octanol–water partition coefficient (Wildman–Crippen LogP) is 1.41. The molecule has 4 nitrogen and oxygen atoms in total. The van der Waals surface area contributed by atoms with Crippen molar-refractivity contribution in [3.8, 4) is 0 Å². The minimum Gasteiger partial charge on any atom is -0.336 e. The number of rotatable bonds is 2. The fourth-order valence-corrected chi connectivity index (χ4v) is 2.98. The molecule has 0 N–H and O–H groups in total. The van der Waals surface area contributed by atoms with Crippen molar-refractivity contribution in [2.75, 3.05) is 13.1 Å². The summed E-state index contributed by atoms with van der Waals surface area (Å²) >= 11 is 0. The lowest BCUT2D eigenvalue weighted by Gasteiger charge is -2.25. The number of hydrogen-bond donors (Lipinski definition) is 0. The van der Waals surface area contributed by atoms with E-state index < -0.39 is 0 Å². The molecule has 1 atom stereocenters. The monoisotopic (exact) mass is 258 g/mol. The van der Waals surface area contributed by atoms with Crippen LogP contribution in [0.1, 0.15) is 24.8 Å². The second kappa shape index (κ2) is 5.03. The van der Waals surface area contributed by atoms with E-state index in [1.807, 2.05) is 35.2 Å². The largest absolute Gasteiger partial charge is 0.336 e. The summed E-state index contributed by atoms with van der Waals surface area (Å²) in [6.45, 7) is 1.89. The van der Waals surface area contributed by atoms with Gasteiger partial charge >= 0.3 is 0 Å². The quantitative estimate of drug-likeness (QED) is 0.804. The van der Waals surface area contributed by atoms with E-state index in [2.05, 4.69) is 0 Å². The van der Waals surface area contributed by atoms with Crippen LogP contribution in [0, 0.1) is 0 Å². The molecule has 0 radical (unpaired) electrons. The van der Waals surface area contributed by atoms with Gasteiger partial charge in [-0.15, -0.1) is 0 Å². The van der Waals surface area contributed by atoms with Crippen molar-refractivity contribution in [1.29, 1.82) is 0 Å². The van der Waals surface area contributed by atoms with Gasteiger partial charge < -0.3 is 9.80 Å². The topological polar surface area (TPSA) is 40.6 Å². The Morgan fingerprint density at radius 2 is 1.89 bits per heavy atom. The molecule has 0 aliphatic carbocycles. The molecule has 3 rings (SSSR count). The first kappa shape index (κ1) is 12.2. The summed E-state index contributed by atoms with van der Waals surface area (Å²) in [5.74, 6) is 0.249. The average Bonchev–Trinajstić information content (AvgIpc) is 2.89. The van der Waals surface area contributed by atoms with E-state index in [1.165, 1.54) is 0 Å². The summed E-state index contributed by atoms with van der Waals surface area (Å²) in [7, 11) is 0. The molecule has 2 aliphatic heterocycles. The fraction of sp³-hybridized carbons (Fsp3) is 0.467. The molecule has 2 heterocycles. The first-order valence-electron chi connectivity index (χ1n) is 6.88. The van der Waals surface area contributed by atoms with Crippen molar-refractivity contribution in [1.82, 2.24) is 9.80 Å². The van der Waals surface area contributed by atoms with E-state index in [9.17, 15) is 9.59 Å². The molecule has 100 valence electrons. The van der Waals surface area contributed by atoms with Crippen LogP contribution < -0.4 is 0 Å². The molecule has 1 aromatic rings. The van der Waals surface area contributed by atoms with Crippen LogP contribution in [0.15, 0.2) is 30.3 Å². The Bertz CT molecular complexity index is 486. The van der Waals surface area contributed by atoms with Gasteiger partial charge in [-0.3, -0.25) is 9.59 Å². The third kappa shape index (κ3) is 2.35. The number of fused-ring (bicyclic) bond motifs is 1. The zero-order valence-corrected chi connectivity index (χ0v) is 10.9. The molecule has 19 heavy (non-hydrogen) atoms. The van der Waals surface area contributed by atoms with Crippen LogP contribution in [0.2, 0.25) is 0 Å². The molecule has 4 heteroatoms. The number of nitrogens with zero attached hydrogens (tertiary/aromatic N) is 2. The van der Waals surface area contributed by atoms with Crippen molar-refractivity contribution in [3.63, 3.8) is 0 Å². The van der Waals surface area contributed by atoms with Crippen LogP contribution in [-0.4, -0.2) is 40.7 Å². The van der Waals surface area contributed by atoms with Crippen LogP contribution in [0.25, 0.3) is 0 Å².